The Hall–Kier alpha value is -2.53. The number of aromatic nitrogens is 2. The van der Waals surface area contributed by atoms with E-state index in [1.807, 2.05) is 37.4 Å². The third-order valence-electron chi connectivity index (χ3n) is 5.27. The minimum absolute atomic E-state index is 0.206. The van der Waals surface area contributed by atoms with E-state index in [-0.39, 0.29) is 12.6 Å². The Bertz CT molecular complexity index is 876. The van der Waals surface area contributed by atoms with Crippen LogP contribution in [0.2, 0.25) is 0 Å². The van der Waals surface area contributed by atoms with E-state index in [1.165, 1.54) is 0 Å². The molecule has 0 radical (unpaired) electrons. The summed E-state index contributed by atoms with van der Waals surface area (Å²) in [5, 5.41) is 0. The van der Waals surface area contributed by atoms with Crippen LogP contribution in [0.4, 0.5) is 4.39 Å². The molecule has 0 bridgehead atoms. The molecule has 3 heterocycles. The van der Waals surface area contributed by atoms with Gasteiger partial charge in [-0.2, -0.15) is 0 Å². The van der Waals surface area contributed by atoms with Crippen LogP contribution >= 0.6 is 0 Å². The molecule has 1 aromatic carbocycles. The van der Waals surface area contributed by atoms with Gasteiger partial charge in [-0.15, -0.1) is 0 Å². The maximum atomic E-state index is 12.8. The smallest absolute Gasteiger partial charge is 0.226 e. The van der Waals surface area contributed by atoms with E-state index in [0.29, 0.717) is 5.89 Å². The average molecular weight is 365 g/mol. The van der Waals surface area contributed by atoms with Crippen molar-refractivity contribution in [1.29, 1.82) is 0 Å². The Kier molecular flexibility index (Phi) is 5.30. The van der Waals surface area contributed by atoms with Gasteiger partial charge in [0.05, 0.1) is 12.4 Å². The van der Waals surface area contributed by atoms with Gasteiger partial charge < -0.3 is 9.32 Å². The van der Waals surface area contributed by atoms with Crippen molar-refractivity contribution in [2.24, 2.45) is 5.92 Å². The van der Waals surface area contributed by atoms with Crippen LogP contribution in [0.5, 0.6) is 0 Å². The molecule has 140 valence electrons. The molecule has 0 spiro atoms. The summed E-state index contributed by atoms with van der Waals surface area (Å²) < 4.78 is 18.7. The monoisotopic (exact) mass is 365 g/mol. The maximum absolute atomic E-state index is 12.8. The van der Waals surface area contributed by atoms with Crippen molar-refractivity contribution in [3.8, 4) is 22.6 Å². The van der Waals surface area contributed by atoms with E-state index in [0.717, 1.165) is 60.6 Å². The Balaban J connectivity index is 1.43. The topological polar surface area (TPSA) is 42.2 Å². The average Bonchev–Trinajstić information content (AvgIpc) is 3.33. The van der Waals surface area contributed by atoms with Crippen molar-refractivity contribution in [3.05, 3.63) is 60.2 Å². The predicted octanol–water partition coefficient (Wildman–Crippen LogP) is 4.55. The lowest BCUT2D eigenvalue weighted by molar-refractivity contribution is 0.304. The summed E-state index contributed by atoms with van der Waals surface area (Å²) in [6.07, 6.45) is 5.42. The lowest BCUT2D eigenvalue weighted by Crippen LogP contribution is -2.24. The molecule has 1 saturated heterocycles. The molecule has 1 fully saturated rings. The molecule has 1 atom stereocenters. The van der Waals surface area contributed by atoms with Crippen LogP contribution in [-0.4, -0.2) is 41.2 Å². The summed E-state index contributed by atoms with van der Waals surface area (Å²) in [4.78, 5) is 11.2. The highest BCUT2D eigenvalue weighted by atomic mass is 19.1. The molecule has 4 nitrogen and oxygen atoms in total. The predicted molar refractivity (Wildman–Crippen MR) is 104 cm³/mol. The van der Waals surface area contributed by atoms with Crippen LogP contribution in [0.3, 0.4) is 0 Å². The summed E-state index contributed by atoms with van der Waals surface area (Å²) in [7, 11) is 0. The molecule has 4 rings (SSSR count). The highest BCUT2D eigenvalue weighted by Crippen LogP contribution is 2.26. The molecular weight excluding hydrogens is 341 g/mol. The third-order valence-corrected chi connectivity index (χ3v) is 5.27. The SMILES string of the molecule is Cc1oc(-c2ccc(-c3cccnc3)cc2)nc1CCN1CC[C@@H](CF)C1. The first kappa shape index (κ1) is 17.9. The first-order valence-corrected chi connectivity index (χ1v) is 9.48. The van der Waals surface area contributed by atoms with E-state index in [2.05, 4.69) is 22.0 Å². The minimum atomic E-state index is -0.210. The van der Waals surface area contributed by atoms with Gasteiger partial charge in [0.1, 0.15) is 5.76 Å². The largest absolute Gasteiger partial charge is 0.441 e. The van der Waals surface area contributed by atoms with Gasteiger partial charge in [-0.05, 0) is 49.2 Å². The Morgan fingerprint density at radius 3 is 2.67 bits per heavy atom. The van der Waals surface area contributed by atoms with E-state index in [4.69, 9.17) is 9.40 Å². The third kappa shape index (κ3) is 4.08. The highest BCUT2D eigenvalue weighted by molar-refractivity contribution is 5.66. The van der Waals surface area contributed by atoms with Crippen LogP contribution in [0, 0.1) is 12.8 Å². The van der Waals surface area contributed by atoms with Crippen molar-refractivity contribution in [3.63, 3.8) is 0 Å². The molecule has 0 N–H and O–H groups in total. The Morgan fingerprint density at radius 1 is 1.15 bits per heavy atom. The van der Waals surface area contributed by atoms with Gasteiger partial charge in [-0.3, -0.25) is 9.37 Å². The first-order valence-electron chi connectivity index (χ1n) is 9.48. The maximum Gasteiger partial charge on any atom is 0.226 e. The number of rotatable bonds is 6. The van der Waals surface area contributed by atoms with Crippen LogP contribution < -0.4 is 0 Å². The number of likely N-dealkylation sites (tertiary alicyclic amines) is 1. The number of aryl methyl sites for hydroxylation is 1. The second kappa shape index (κ2) is 8.01. The fourth-order valence-electron chi connectivity index (χ4n) is 3.63. The lowest BCUT2D eigenvalue weighted by Gasteiger charge is -2.14. The zero-order valence-electron chi connectivity index (χ0n) is 15.6. The Morgan fingerprint density at radius 2 is 1.96 bits per heavy atom. The molecule has 0 saturated carbocycles. The number of oxazole rings is 1. The number of pyridine rings is 1. The fraction of sp³-hybridized carbons (Fsp3) is 0.364. The molecule has 3 aromatic rings. The standard InChI is InChI=1S/C22H24FN3O/c1-16-21(9-12-26-11-8-17(13-23)15-26)25-22(27-16)19-6-4-18(5-7-19)20-3-2-10-24-14-20/h2-7,10,14,17H,8-9,11-13,15H2,1H3/t17-/m0/s1. The first-order chi connectivity index (χ1) is 13.2. The number of nitrogens with zero attached hydrogens (tertiary/aromatic N) is 3. The van der Waals surface area contributed by atoms with Gasteiger partial charge >= 0.3 is 0 Å². The van der Waals surface area contributed by atoms with E-state index < -0.39 is 0 Å². The quantitative estimate of drug-likeness (QED) is 0.643. The van der Waals surface area contributed by atoms with Gasteiger partial charge in [0.2, 0.25) is 5.89 Å². The second-order valence-corrected chi connectivity index (χ2v) is 7.20. The van der Waals surface area contributed by atoms with Crippen molar-refractivity contribution in [2.45, 2.75) is 19.8 Å². The van der Waals surface area contributed by atoms with Gasteiger partial charge in [0, 0.05) is 43.4 Å². The zero-order chi connectivity index (χ0) is 18.6. The van der Waals surface area contributed by atoms with Crippen molar-refractivity contribution in [2.75, 3.05) is 26.3 Å². The van der Waals surface area contributed by atoms with Crippen LogP contribution in [0.25, 0.3) is 22.6 Å². The summed E-state index contributed by atoms with van der Waals surface area (Å²) in [6.45, 7) is 4.50. The Labute approximate surface area is 159 Å². The molecule has 0 unspecified atom stereocenters. The van der Waals surface area contributed by atoms with E-state index in [1.54, 1.807) is 6.20 Å². The molecule has 0 aliphatic carbocycles. The van der Waals surface area contributed by atoms with E-state index >= 15 is 0 Å². The summed E-state index contributed by atoms with van der Waals surface area (Å²) >= 11 is 0. The van der Waals surface area contributed by atoms with Gasteiger partial charge in [-0.1, -0.05) is 18.2 Å². The zero-order valence-corrected chi connectivity index (χ0v) is 15.6. The summed E-state index contributed by atoms with van der Waals surface area (Å²) in [6, 6.07) is 12.2. The molecule has 1 aliphatic heterocycles. The van der Waals surface area contributed by atoms with Gasteiger partial charge in [0.25, 0.3) is 0 Å². The molecule has 0 amide bonds. The molecule has 1 aliphatic rings. The van der Waals surface area contributed by atoms with Gasteiger partial charge in [0.15, 0.2) is 0 Å². The van der Waals surface area contributed by atoms with E-state index in [9.17, 15) is 4.39 Å². The summed E-state index contributed by atoms with van der Waals surface area (Å²) in [5.41, 5.74) is 4.16. The fourth-order valence-corrected chi connectivity index (χ4v) is 3.63. The molecular formula is C22H24FN3O. The van der Waals surface area contributed by atoms with Crippen LogP contribution in [0.1, 0.15) is 17.9 Å². The van der Waals surface area contributed by atoms with Crippen molar-refractivity contribution in [1.82, 2.24) is 14.9 Å². The van der Waals surface area contributed by atoms with Crippen LogP contribution in [-0.2, 0) is 6.42 Å². The highest BCUT2D eigenvalue weighted by Gasteiger charge is 2.22. The number of benzene rings is 1. The lowest BCUT2D eigenvalue weighted by atomic mass is 10.1. The van der Waals surface area contributed by atoms with Crippen molar-refractivity contribution < 1.29 is 8.81 Å². The number of alkyl halides is 1. The van der Waals surface area contributed by atoms with Gasteiger partial charge in [-0.25, -0.2) is 4.98 Å². The minimum Gasteiger partial charge on any atom is -0.441 e. The molecule has 2 aromatic heterocycles. The molecule has 5 heteroatoms. The normalized spacial score (nSPS) is 17.5. The molecule has 27 heavy (non-hydrogen) atoms. The number of hydrogen-bond donors (Lipinski definition) is 0. The van der Waals surface area contributed by atoms with Crippen molar-refractivity contribution >= 4 is 0 Å². The number of hydrogen-bond acceptors (Lipinski definition) is 4. The summed E-state index contributed by atoms with van der Waals surface area (Å²) in [5.74, 6) is 1.73. The van der Waals surface area contributed by atoms with Crippen LogP contribution in [0.15, 0.2) is 53.2 Å². The second-order valence-electron chi connectivity index (χ2n) is 7.20. The number of halogens is 1.